The van der Waals surface area contributed by atoms with Crippen molar-refractivity contribution in [1.29, 1.82) is 0 Å². The molecule has 3 heteroatoms. The second kappa shape index (κ2) is 5.19. The first kappa shape index (κ1) is 14.2. The van der Waals surface area contributed by atoms with Crippen LogP contribution < -0.4 is 5.73 Å². The molecule has 0 spiro atoms. The highest BCUT2D eigenvalue weighted by Crippen LogP contribution is 2.37. The number of hydrogen-bond donors (Lipinski definition) is 1. The zero-order valence-electron chi connectivity index (χ0n) is 10.8. The summed E-state index contributed by atoms with van der Waals surface area (Å²) in [5.74, 6) is 0.622. The number of halogens is 1. The molecular formula is C13H22BrNS. The van der Waals surface area contributed by atoms with Gasteiger partial charge in [0.25, 0.3) is 0 Å². The van der Waals surface area contributed by atoms with Gasteiger partial charge in [-0.25, -0.2) is 0 Å². The summed E-state index contributed by atoms with van der Waals surface area (Å²) in [7, 11) is 0. The predicted octanol–water partition coefficient (Wildman–Crippen LogP) is 4.89. The SMILES string of the molecule is Cc1cc(Br)c(C(N)CC(C)C(C)(C)C)s1. The van der Waals surface area contributed by atoms with Crippen LogP contribution in [0.25, 0.3) is 0 Å². The van der Waals surface area contributed by atoms with Crippen molar-refractivity contribution in [3.63, 3.8) is 0 Å². The van der Waals surface area contributed by atoms with Crippen molar-refractivity contribution in [2.45, 2.75) is 47.1 Å². The molecule has 92 valence electrons. The molecule has 1 aromatic rings. The normalized spacial score (nSPS) is 16.2. The van der Waals surface area contributed by atoms with Crippen LogP contribution in [-0.4, -0.2) is 0 Å². The Hall–Kier alpha value is 0.140. The quantitative estimate of drug-likeness (QED) is 0.845. The van der Waals surface area contributed by atoms with Crippen LogP contribution in [0.4, 0.5) is 0 Å². The summed E-state index contributed by atoms with van der Waals surface area (Å²) in [6.45, 7) is 11.2. The Bertz CT molecular complexity index is 351. The second-order valence-electron chi connectivity index (χ2n) is 5.68. The van der Waals surface area contributed by atoms with E-state index >= 15 is 0 Å². The van der Waals surface area contributed by atoms with Gasteiger partial charge in [0.1, 0.15) is 0 Å². The van der Waals surface area contributed by atoms with Gasteiger partial charge in [-0.05, 0) is 46.7 Å². The van der Waals surface area contributed by atoms with Crippen LogP contribution in [0.3, 0.4) is 0 Å². The van der Waals surface area contributed by atoms with Crippen LogP contribution in [0.5, 0.6) is 0 Å². The van der Waals surface area contributed by atoms with E-state index in [2.05, 4.69) is 56.6 Å². The Balaban J connectivity index is 2.73. The fourth-order valence-corrected chi connectivity index (χ4v) is 3.55. The fourth-order valence-electron chi connectivity index (χ4n) is 1.60. The van der Waals surface area contributed by atoms with Crippen LogP contribution in [0.15, 0.2) is 10.5 Å². The van der Waals surface area contributed by atoms with Crippen LogP contribution in [0.2, 0.25) is 0 Å². The van der Waals surface area contributed by atoms with Crippen molar-refractivity contribution in [3.05, 3.63) is 20.3 Å². The third kappa shape index (κ3) is 3.57. The maximum absolute atomic E-state index is 6.29. The second-order valence-corrected chi connectivity index (χ2v) is 7.82. The van der Waals surface area contributed by atoms with Gasteiger partial charge in [-0.15, -0.1) is 11.3 Å². The monoisotopic (exact) mass is 303 g/mol. The summed E-state index contributed by atoms with van der Waals surface area (Å²) in [5.41, 5.74) is 6.62. The summed E-state index contributed by atoms with van der Waals surface area (Å²) in [6.07, 6.45) is 1.04. The molecule has 0 aliphatic carbocycles. The molecule has 1 nitrogen and oxygen atoms in total. The molecule has 16 heavy (non-hydrogen) atoms. The zero-order chi connectivity index (χ0) is 12.5. The largest absolute Gasteiger partial charge is 0.323 e. The van der Waals surface area contributed by atoms with Crippen LogP contribution in [-0.2, 0) is 0 Å². The number of aryl methyl sites for hydroxylation is 1. The van der Waals surface area contributed by atoms with Gasteiger partial charge in [-0.3, -0.25) is 0 Å². The zero-order valence-corrected chi connectivity index (χ0v) is 13.2. The molecule has 1 rings (SSSR count). The van der Waals surface area contributed by atoms with E-state index in [0.29, 0.717) is 11.3 Å². The Morgan fingerprint density at radius 3 is 2.38 bits per heavy atom. The lowest BCUT2D eigenvalue weighted by Gasteiger charge is -2.29. The van der Waals surface area contributed by atoms with Gasteiger partial charge in [0.15, 0.2) is 0 Å². The lowest BCUT2D eigenvalue weighted by Crippen LogP contribution is -2.22. The lowest BCUT2D eigenvalue weighted by molar-refractivity contribution is 0.234. The smallest absolute Gasteiger partial charge is 0.0404 e. The molecular weight excluding hydrogens is 282 g/mol. The summed E-state index contributed by atoms with van der Waals surface area (Å²) in [4.78, 5) is 2.61. The highest BCUT2D eigenvalue weighted by atomic mass is 79.9. The summed E-state index contributed by atoms with van der Waals surface area (Å²) in [5, 5.41) is 0. The van der Waals surface area contributed by atoms with Crippen molar-refractivity contribution in [1.82, 2.24) is 0 Å². The summed E-state index contributed by atoms with van der Waals surface area (Å²) in [6, 6.07) is 2.31. The third-order valence-corrected chi connectivity index (χ3v) is 5.36. The number of rotatable bonds is 3. The number of thiophene rings is 1. The van der Waals surface area contributed by atoms with E-state index in [9.17, 15) is 0 Å². The molecule has 2 unspecified atom stereocenters. The van der Waals surface area contributed by atoms with Crippen LogP contribution in [0, 0.1) is 18.3 Å². The van der Waals surface area contributed by atoms with Gasteiger partial charge >= 0.3 is 0 Å². The van der Waals surface area contributed by atoms with Crippen molar-refractivity contribution >= 4 is 27.3 Å². The number of nitrogens with two attached hydrogens (primary N) is 1. The highest BCUT2D eigenvalue weighted by Gasteiger charge is 2.24. The van der Waals surface area contributed by atoms with E-state index in [1.54, 1.807) is 11.3 Å². The molecule has 0 aliphatic rings. The minimum Gasteiger partial charge on any atom is -0.323 e. The molecule has 0 amide bonds. The van der Waals surface area contributed by atoms with E-state index in [-0.39, 0.29) is 6.04 Å². The van der Waals surface area contributed by atoms with Gasteiger partial charge in [0.05, 0.1) is 0 Å². The highest BCUT2D eigenvalue weighted by molar-refractivity contribution is 9.10. The minimum absolute atomic E-state index is 0.155. The molecule has 1 aromatic heterocycles. The lowest BCUT2D eigenvalue weighted by atomic mass is 9.78. The van der Waals surface area contributed by atoms with Crippen LogP contribution in [0.1, 0.15) is 49.9 Å². The molecule has 0 saturated carbocycles. The van der Waals surface area contributed by atoms with E-state index in [0.717, 1.165) is 6.42 Å². The third-order valence-electron chi connectivity index (χ3n) is 3.26. The average Bonchev–Trinajstić information content (AvgIpc) is 2.43. The maximum Gasteiger partial charge on any atom is 0.0404 e. The molecule has 0 aliphatic heterocycles. The molecule has 2 N–H and O–H groups in total. The molecule has 0 bridgehead atoms. The van der Waals surface area contributed by atoms with Crippen molar-refractivity contribution < 1.29 is 0 Å². The Labute approximate surface area is 112 Å². The Morgan fingerprint density at radius 2 is 2.00 bits per heavy atom. The fraction of sp³-hybridized carbons (Fsp3) is 0.692. The van der Waals surface area contributed by atoms with Gasteiger partial charge in [0, 0.05) is 20.3 Å². The molecule has 0 aromatic carbocycles. The first-order valence-electron chi connectivity index (χ1n) is 5.73. The summed E-state index contributed by atoms with van der Waals surface area (Å²) >= 11 is 5.39. The molecule has 1 heterocycles. The van der Waals surface area contributed by atoms with Crippen molar-refractivity contribution in [2.24, 2.45) is 17.1 Å². The van der Waals surface area contributed by atoms with Crippen molar-refractivity contribution in [2.75, 3.05) is 0 Å². The number of hydrogen-bond acceptors (Lipinski definition) is 2. The Kier molecular flexibility index (Phi) is 4.61. The summed E-state index contributed by atoms with van der Waals surface area (Å²) < 4.78 is 1.17. The molecule has 0 fully saturated rings. The van der Waals surface area contributed by atoms with Gasteiger partial charge in [0.2, 0.25) is 0 Å². The maximum atomic E-state index is 6.29. The average molecular weight is 304 g/mol. The van der Waals surface area contributed by atoms with Gasteiger partial charge in [-0.2, -0.15) is 0 Å². The predicted molar refractivity (Wildman–Crippen MR) is 76.9 cm³/mol. The minimum atomic E-state index is 0.155. The van der Waals surface area contributed by atoms with E-state index in [1.807, 2.05) is 0 Å². The van der Waals surface area contributed by atoms with E-state index < -0.39 is 0 Å². The standard InChI is InChI=1S/C13H22BrNS/c1-8(13(3,4)5)6-11(15)12-10(14)7-9(2)16-12/h7-8,11H,6,15H2,1-5H3. The topological polar surface area (TPSA) is 26.0 Å². The van der Waals surface area contributed by atoms with Gasteiger partial charge < -0.3 is 5.73 Å². The molecule has 0 saturated heterocycles. The first-order valence-corrected chi connectivity index (χ1v) is 7.34. The van der Waals surface area contributed by atoms with Crippen LogP contribution >= 0.6 is 27.3 Å². The Morgan fingerprint density at radius 1 is 1.44 bits per heavy atom. The van der Waals surface area contributed by atoms with E-state index in [4.69, 9.17) is 5.73 Å². The van der Waals surface area contributed by atoms with E-state index in [1.165, 1.54) is 14.2 Å². The van der Waals surface area contributed by atoms with Crippen molar-refractivity contribution in [3.8, 4) is 0 Å². The van der Waals surface area contributed by atoms with Gasteiger partial charge in [-0.1, -0.05) is 27.7 Å². The first-order chi connectivity index (χ1) is 7.21. The molecule has 2 atom stereocenters. The molecule has 0 radical (unpaired) electrons.